The zero-order valence-electron chi connectivity index (χ0n) is 14.8. The second-order valence-corrected chi connectivity index (χ2v) is 8.33. The Hall–Kier alpha value is -1.98. The lowest BCUT2D eigenvalue weighted by Gasteiger charge is -2.33. The van der Waals surface area contributed by atoms with Gasteiger partial charge in [0.2, 0.25) is 0 Å². The van der Waals surface area contributed by atoms with Gasteiger partial charge in [0.15, 0.2) is 6.67 Å². The minimum atomic E-state index is -0.383. The second kappa shape index (κ2) is 6.07. The summed E-state index contributed by atoms with van der Waals surface area (Å²) in [6.45, 7) is 7.95. The maximum atomic E-state index is 12.6. The van der Waals surface area contributed by atoms with Crippen molar-refractivity contribution in [1.29, 1.82) is 0 Å². The summed E-state index contributed by atoms with van der Waals surface area (Å²) in [6, 6.07) is 8.42. The van der Waals surface area contributed by atoms with Crippen molar-refractivity contribution < 1.29 is 14.5 Å². The Labute approximate surface area is 152 Å². The van der Waals surface area contributed by atoms with E-state index >= 15 is 0 Å². The number of benzene rings is 1. The molecular formula is C20H23N2O2S+. The lowest BCUT2D eigenvalue weighted by molar-refractivity contribution is -0.930. The van der Waals surface area contributed by atoms with Crippen LogP contribution in [0.3, 0.4) is 0 Å². The van der Waals surface area contributed by atoms with Gasteiger partial charge in [0.1, 0.15) is 6.04 Å². The number of nitrogens with zero attached hydrogens (tertiary/aromatic N) is 1. The predicted octanol–water partition coefficient (Wildman–Crippen LogP) is 2.56. The molecule has 0 aliphatic carbocycles. The molecule has 1 unspecified atom stereocenters. The van der Waals surface area contributed by atoms with Gasteiger partial charge in [0, 0.05) is 16.9 Å². The van der Waals surface area contributed by atoms with Crippen LogP contribution in [0, 0.1) is 0 Å². The van der Waals surface area contributed by atoms with E-state index in [4.69, 9.17) is 0 Å². The van der Waals surface area contributed by atoms with E-state index < -0.39 is 0 Å². The van der Waals surface area contributed by atoms with E-state index in [2.05, 4.69) is 32.2 Å². The maximum Gasteiger partial charge on any atom is 0.303 e. The summed E-state index contributed by atoms with van der Waals surface area (Å²) in [7, 11) is 0. The number of amides is 1. The van der Waals surface area contributed by atoms with Gasteiger partial charge in [-0.25, -0.2) is 0 Å². The van der Waals surface area contributed by atoms with Crippen LogP contribution in [0.1, 0.15) is 59.1 Å². The van der Waals surface area contributed by atoms with E-state index in [1.54, 1.807) is 4.90 Å². The SMILES string of the molecule is CC(C)c1ccc2c(c1)C(=O)C(=O)N2C[NH+]1CCc2sccc2[C@@H]1C. The molecule has 0 radical (unpaired) electrons. The van der Waals surface area contributed by atoms with Gasteiger partial charge >= 0.3 is 5.91 Å². The summed E-state index contributed by atoms with van der Waals surface area (Å²) < 4.78 is 0. The van der Waals surface area contributed by atoms with Gasteiger partial charge in [-0.15, -0.1) is 11.3 Å². The summed E-state index contributed by atoms with van der Waals surface area (Å²) in [6.07, 6.45) is 1.04. The van der Waals surface area contributed by atoms with Gasteiger partial charge in [0.25, 0.3) is 5.78 Å². The van der Waals surface area contributed by atoms with Gasteiger partial charge in [0.05, 0.1) is 17.8 Å². The fourth-order valence-electron chi connectivity index (χ4n) is 3.90. The van der Waals surface area contributed by atoms with Gasteiger partial charge in [-0.3, -0.25) is 14.5 Å². The van der Waals surface area contributed by atoms with Crippen molar-refractivity contribution in [2.24, 2.45) is 0 Å². The van der Waals surface area contributed by atoms with Crippen molar-refractivity contribution >= 4 is 28.7 Å². The third-order valence-corrected chi connectivity index (χ3v) is 6.55. The molecule has 2 aliphatic heterocycles. The van der Waals surface area contributed by atoms with Crippen molar-refractivity contribution in [3.05, 3.63) is 51.2 Å². The first-order valence-corrected chi connectivity index (χ1v) is 9.76. The molecule has 0 saturated heterocycles. The summed E-state index contributed by atoms with van der Waals surface area (Å²) >= 11 is 1.82. The fourth-order valence-corrected chi connectivity index (χ4v) is 4.88. The average molecular weight is 355 g/mol. The molecule has 1 aromatic carbocycles. The highest BCUT2D eigenvalue weighted by molar-refractivity contribution is 7.10. The molecule has 4 nitrogen and oxygen atoms in total. The maximum absolute atomic E-state index is 12.6. The van der Waals surface area contributed by atoms with E-state index in [9.17, 15) is 9.59 Å². The number of quaternary nitrogens is 1. The largest absolute Gasteiger partial charge is 0.311 e. The fraction of sp³-hybridized carbons (Fsp3) is 0.400. The van der Waals surface area contributed by atoms with Crippen molar-refractivity contribution in [3.8, 4) is 0 Å². The molecule has 25 heavy (non-hydrogen) atoms. The number of carbonyl (C=O) groups excluding carboxylic acids is 2. The highest BCUT2D eigenvalue weighted by atomic mass is 32.1. The number of Topliss-reactive ketones (excluding diaryl/α,β-unsaturated/α-hetero) is 1. The second-order valence-electron chi connectivity index (χ2n) is 7.33. The Morgan fingerprint density at radius 1 is 1.28 bits per heavy atom. The average Bonchev–Trinajstić information content (AvgIpc) is 3.16. The molecule has 4 rings (SSSR count). The monoisotopic (exact) mass is 355 g/mol. The van der Waals surface area contributed by atoms with Gasteiger partial charge in [-0.05, 0) is 42.0 Å². The van der Waals surface area contributed by atoms with Crippen molar-refractivity contribution in [3.63, 3.8) is 0 Å². The number of hydrogen-bond donors (Lipinski definition) is 1. The van der Waals surface area contributed by atoms with E-state index in [-0.39, 0.29) is 11.7 Å². The Morgan fingerprint density at radius 3 is 2.84 bits per heavy atom. The van der Waals surface area contributed by atoms with E-state index in [0.29, 0.717) is 24.2 Å². The molecule has 0 fully saturated rings. The number of fused-ring (bicyclic) bond motifs is 2. The molecule has 2 aliphatic rings. The van der Waals surface area contributed by atoms with Crippen LogP contribution >= 0.6 is 11.3 Å². The standard InChI is InChI=1S/C20H22N2O2S/c1-12(2)14-4-5-17-16(10-14)19(23)20(24)22(17)11-21-8-6-18-15(13(21)3)7-9-25-18/h4-5,7,9-10,12-13H,6,8,11H2,1-3H3/p+1/t13-/m0/s1. The summed E-state index contributed by atoms with van der Waals surface area (Å²) in [4.78, 5) is 29.5. The topological polar surface area (TPSA) is 41.8 Å². The number of rotatable bonds is 3. The smallest absolute Gasteiger partial charge is 0.303 e. The first-order chi connectivity index (χ1) is 12.0. The molecule has 2 atom stereocenters. The molecule has 2 aromatic rings. The molecule has 1 aromatic heterocycles. The molecule has 0 bridgehead atoms. The number of nitrogens with one attached hydrogen (secondary N) is 1. The predicted molar refractivity (Wildman–Crippen MR) is 99.5 cm³/mol. The minimum absolute atomic E-state index is 0.340. The zero-order chi connectivity index (χ0) is 17.7. The highest BCUT2D eigenvalue weighted by Crippen LogP contribution is 2.31. The van der Waals surface area contributed by atoms with E-state index in [1.807, 2.05) is 29.5 Å². The normalized spacial score (nSPS) is 22.5. The van der Waals surface area contributed by atoms with Crippen LogP contribution < -0.4 is 9.80 Å². The van der Waals surface area contributed by atoms with E-state index in [1.165, 1.54) is 15.3 Å². The Kier molecular flexibility index (Phi) is 4.01. The Balaban J connectivity index is 1.62. The molecule has 1 amide bonds. The summed E-state index contributed by atoms with van der Waals surface area (Å²) in [5.41, 5.74) is 3.83. The van der Waals surface area contributed by atoms with Crippen LogP contribution in [0.15, 0.2) is 29.6 Å². The van der Waals surface area contributed by atoms with Crippen LogP contribution in [0.2, 0.25) is 0 Å². The number of hydrogen-bond acceptors (Lipinski definition) is 3. The molecule has 0 saturated carbocycles. The number of anilines is 1. The van der Waals surface area contributed by atoms with Gasteiger partial charge < -0.3 is 4.90 Å². The molecule has 130 valence electrons. The van der Waals surface area contributed by atoms with Crippen LogP contribution in [-0.4, -0.2) is 24.9 Å². The molecule has 0 spiro atoms. The van der Waals surface area contributed by atoms with Crippen LogP contribution in [0.25, 0.3) is 0 Å². The molecule has 5 heteroatoms. The Morgan fingerprint density at radius 2 is 2.08 bits per heavy atom. The first-order valence-electron chi connectivity index (χ1n) is 8.88. The van der Waals surface area contributed by atoms with Crippen LogP contribution in [-0.2, 0) is 11.2 Å². The highest BCUT2D eigenvalue weighted by Gasteiger charge is 2.40. The van der Waals surface area contributed by atoms with Crippen LogP contribution in [0.5, 0.6) is 0 Å². The first kappa shape index (κ1) is 16.5. The van der Waals surface area contributed by atoms with Gasteiger partial charge in [-0.2, -0.15) is 0 Å². The molecule has 3 heterocycles. The summed E-state index contributed by atoms with van der Waals surface area (Å²) in [5.74, 6) is -0.406. The van der Waals surface area contributed by atoms with Crippen molar-refractivity contribution in [2.75, 3.05) is 18.1 Å². The van der Waals surface area contributed by atoms with Gasteiger partial charge in [-0.1, -0.05) is 19.9 Å². The lowest BCUT2D eigenvalue weighted by Crippen LogP contribution is -3.14. The van der Waals surface area contributed by atoms with Crippen molar-refractivity contribution in [2.45, 2.75) is 39.2 Å². The number of ketones is 1. The third kappa shape index (κ3) is 2.62. The third-order valence-electron chi connectivity index (χ3n) is 5.56. The van der Waals surface area contributed by atoms with Crippen LogP contribution in [0.4, 0.5) is 5.69 Å². The quantitative estimate of drug-likeness (QED) is 0.860. The Bertz CT molecular complexity index is 855. The minimum Gasteiger partial charge on any atom is -0.311 e. The van der Waals surface area contributed by atoms with E-state index in [0.717, 1.165) is 24.2 Å². The number of thiophene rings is 1. The lowest BCUT2D eigenvalue weighted by atomic mass is 9.99. The molecular weight excluding hydrogens is 332 g/mol. The zero-order valence-corrected chi connectivity index (χ0v) is 15.7. The van der Waals surface area contributed by atoms with Crippen molar-refractivity contribution in [1.82, 2.24) is 0 Å². The molecule has 1 N–H and O–H groups in total. The summed E-state index contributed by atoms with van der Waals surface area (Å²) in [5, 5.41) is 2.15. The number of carbonyl (C=O) groups is 2.